The minimum atomic E-state index is -4.57. The molecule has 0 aliphatic carbocycles. The summed E-state index contributed by atoms with van der Waals surface area (Å²) in [5.74, 6) is 0.199. The van der Waals surface area contributed by atoms with E-state index < -0.39 is 11.7 Å². The Hall–Kier alpha value is -2.61. The molecule has 1 aromatic heterocycles. The van der Waals surface area contributed by atoms with Crippen molar-refractivity contribution in [2.45, 2.75) is 25.6 Å². The predicted molar refractivity (Wildman–Crippen MR) is 125 cm³/mol. The Bertz CT molecular complexity index is 1040. The Balaban J connectivity index is 1.50. The van der Waals surface area contributed by atoms with Gasteiger partial charge in [-0.1, -0.05) is 0 Å². The van der Waals surface area contributed by atoms with Gasteiger partial charge in [0, 0.05) is 57.2 Å². The van der Waals surface area contributed by atoms with Crippen molar-refractivity contribution in [2.75, 3.05) is 58.0 Å². The minimum Gasteiger partial charge on any atom is -0.382 e. The van der Waals surface area contributed by atoms with Gasteiger partial charge in [0.15, 0.2) is 0 Å². The fraction of sp³-hybridized carbons (Fsp3) is 0.600. The number of aromatic nitrogens is 2. The number of aryl methyl sites for hydroxylation is 1. The quantitative estimate of drug-likeness (QED) is 0.525. The van der Waals surface area contributed by atoms with Crippen molar-refractivity contribution < 1.29 is 22.6 Å². The number of piperidine rings is 1. The molecule has 2 saturated heterocycles. The zero-order valence-corrected chi connectivity index (χ0v) is 20.2. The summed E-state index contributed by atoms with van der Waals surface area (Å²) < 4.78 is 53.5. The van der Waals surface area contributed by atoms with Crippen molar-refractivity contribution in [1.82, 2.24) is 14.7 Å². The third kappa shape index (κ3) is 5.80. The molecule has 1 spiro atoms. The topological polar surface area (TPSA) is 66.6 Å². The molecule has 0 radical (unpaired) electrons. The largest absolute Gasteiger partial charge is 0.417 e. The van der Waals surface area contributed by atoms with Crippen LogP contribution >= 0.6 is 0 Å². The average molecular weight is 492 g/mol. The van der Waals surface area contributed by atoms with Crippen LogP contribution in [0.1, 0.15) is 29.5 Å². The van der Waals surface area contributed by atoms with Crippen LogP contribution in [0.2, 0.25) is 0 Å². The molecule has 2 aromatic rings. The number of hydrogen-bond acceptors (Lipinski definition) is 6. The monoisotopic (exact) mass is 491 g/mol. The number of methoxy groups -OCH3 is 1. The molecule has 190 valence electrons. The maximum absolute atomic E-state index is 13.6. The van der Waals surface area contributed by atoms with Crippen LogP contribution in [0.25, 0.3) is 0 Å². The molecule has 2 aliphatic rings. The molecule has 1 unspecified atom stereocenters. The zero-order valence-electron chi connectivity index (χ0n) is 20.2. The zero-order chi connectivity index (χ0) is 25.1. The summed E-state index contributed by atoms with van der Waals surface area (Å²) in [6.45, 7) is 5.52. The fourth-order valence-electron chi connectivity index (χ4n) is 5.42. The summed E-state index contributed by atoms with van der Waals surface area (Å²) >= 11 is 0. The van der Waals surface area contributed by atoms with E-state index in [2.05, 4.69) is 10.00 Å². The van der Waals surface area contributed by atoms with E-state index in [4.69, 9.17) is 14.7 Å². The lowest BCUT2D eigenvalue weighted by Crippen LogP contribution is -2.45. The van der Waals surface area contributed by atoms with Gasteiger partial charge in [-0.25, -0.2) is 0 Å². The van der Waals surface area contributed by atoms with Gasteiger partial charge in [0.1, 0.15) is 0 Å². The predicted octanol–water partition coefficient (Wildman–Crippen LogP) is 3.69. The first-order chi connectivity index (χ1) is 16.7. The van der Waals surface area contributed by atoms with E-state index in [1.54, 1.807) is 23.9 Å². The summed E-state index contributed by atoms with van der Waals surface area (Å²) in [7, 11) is 3.53. The molecule has 1 atom stereocenters. The second-order valence-electron chi connectivity index (χ2n) is 9.65. The first kappa shape index (κ1) is 25.5. The van der Waals surface area contributed by atoms with Crippen LogP contribution in [0, 0.1) is 22.7 Å². The van der Waals surface area contributed by atoms with Gasteiger partial charge in [0.2, 0.25) is 0 Å². The number of likely N-dealkylation sites (tertiary alicyclic amines) is 1. The molecule has 0 saturated carbocycles. The molecule has 0 amide bonds. The highest BCUT2D eigenvalue weighted by atomic mass is 19.4. The van der Waals surface area contributed by atoms with Crippen molar-refractivity contribution in [3.05, 3.63) is 47.3 Å². The van der Waals surface area contributed by atoms with Crippen molar-refractivity contribution in [1.29, 1.82) is 5.26 Å². The minimum absolute atomic E-state index is 0.0369. The number of benzene rings is 1. The second-order valence-corrected chi connectivity index (χ2v) is 9.65. The summed E-state index contributed by atoms with van der Waals surface area (Å²) in [5, 5.41) is 13.4. The molecule has 10 heteroatoms. The van der Waals surface area contributed by atoms with Crippen LogP contribution in [0.15, 0.2) is 30.6 Å². The van der Waals surface area contributed by atoms with Crippen LogP contribution in [-0.4, -0.2) is 67.8 Å². The maximum atomic E-state index is 13.6. The van der Waals surface area contributed by atoms with Crippen molar-refractivity contribution in [2.24, 2.45) is 18.4 Å². The molecule has 3 heterocycles. The summed E-state index contributed by atoms with van der Waals surface area (Å²) in [4.78, 5) is 4.45. The smallest absolute Gasteiger partial charge is 0.382 e. The van der Waals surface area contributed by atoms with E-state index in [0.717, 1.165) is 38.5 Å². The third-order valence-corrected chi connectivity index (χ3v) is 7.37. The third-order valence-electron chi connectivity index (χ3n) is 7.37. The van der Waals surface area contributed by atoms with Gasteiger partial charge in [0.25, 0.3) is 0 Å². The van der Waals surface area contributed by atoms with E-state index >= 15 is 0 Å². The van der Waals surface area contributed by atoms with Crippen LogP contribution in [0.4, 0.5) is 18.9 Å². The highest BCUT2D eigenvalue weighted by molar-refractivity contribution is 5.56. The lowest BCUT2D eigenvalue weighted by atomic mass is 9.71. The molecule has 0 bridgehead atoms. The Morgan fingerprint density at radius 2 is 2.00 bits per heavy atom. The Morgan fingerprint density at radius 1 is 1.23 bits per heavy atom. The van der Waals surface area contributed by atoms with E-state index in [0.29, 0.717) is 38.6 Å². The van der Waals surface area contributed by atoms with E-state index in [1.807, 2.05) is 24.3 Å². The summed E-state index contributed by atoms with van der Waals surface area (Å²) in [6.07, 6.45) is 1.24. The molecule has 35 heavy (non-hydrogen) atoms. The Kier molecular flexibility index (Phi) is 7.69. The van der Waals surface area contributed by atoms with Crippen molar-refractivity contribution in [3.63, 3.8) is 0 Å². The highest BCUT2D eigenvalue weighted by Crippen LogP contribution is 2.47. The molecular formula is C25H32F3N5O2. The second kappa shape index (κ2) is 10.6. The van der Waals surface area contributed by atoms with Crippen LogP contribution < -0.4 is 4.90 Å². The number of ether oxygens (including phenoxy) is 2. The molecule has 2 aliphatic heterocycles. The first-order valence-electron chi connectivity index (χ1n) is 11.9. The number of alkyl halides is 3. The first-order valence-corrected chi connectivity index (χ1v) is 11.9. The molecule has 2 fully saturated rings. The number of hydrogen-bond donors (Lipinski definition) is 0. The van der Waals surface area contributed by atoms with Gasteiger partial charge in [-0.2, -0.15) is 23.5 Å². The fourth-order valence-corrected chi connectivity index (χ4v) is 5.42. The van der Waals surface area contributed by atoms with Crippen molar-refractivity contribution >= 4 is 5.69 Å². The van der Waals surface area contributed by atoms with Gasteiger partial charge in [-0.05, 0) is 49.5 Å². The molecular weight excluding hydrogens is 459 g/mol. The molecule has 1 aromatic carbocycles. The average Bonchev–Trinajstić information content (AvgIpc) is 3.40. The van der Waals surface area contributed by atoms with Crippen LogP contribution in [0.3, 0.4) is 0 Å². The van der Waals surface area contributed by atoms with Gasteiger partial charge < -0.3 is 14.4 Å². The van der Waals surface area contributed by atoms with Crippen LogP contribution in [-0.2, 0) is 29.2 Å². The normalized spacial score (nSPS) is 20.5. The van der Waals surface area contributed by atoms with E-state index in [9.17, 15) is 13.2 Å². The number of anilines is 1. The van der Waals surface area contributed by atoms with Gasteiger partial charge in [-0.15, -0.1) is 0 Å². The van der Waals surface area contributed by atoms with Gasteiger partial charge in [-0.3, -0.25) is 9.58 Å². The number of halogens is 3. The van der Waals surface area contributed by atoms with E-state index in [-0.39, 0.29) is 16.9 Å². The molecule has 4 rings (SSSR count). The maximum Gasteiger partial charge on any atom is 0.417 e. The van der Waals surface area contributed by atoms with Gasteiger partial charge in [0.05, 0.1) is 43.2 Å². The summed E-state index contributed by atoms with van der Waals surface area (Å²) in [6, 6.07) is 5.71. The standard InChI is InChI=1S/C25H32F3N5O2/c1-31-14-19(13-30-31)15-32-7-5-24(6-8-32)18-33(16-21(24)17-35-10-9-34-2)22-4-3-20(12-29)23(11-22)25(26,27)28/h3-4,11,13-14,21H,5-10,15-18H2,1-2H3. The molecule has 7 nitrogen and oxygen atoms in total. The Morgan fingerprint density at radius 3 is 2.63 bits per heavy atom. The lowest BCUT2D eigenvalue weighted by Gasteiger charge is -2.42. The lowest BCUT2D eigenvalue weighted by molar-refractivity contribution is -0.137. The van der Waals surface area contributed by atoms with Gasteiger partial charge >= 0.3 is 6.18 Å². The number of nitrogens with zero attached hydrogens (tertiary/aromatic N) is 5. The molecule has 0 N–H and O–H groups in total. The highest BCUT2D eigenvalue weighted by Gasteiger charge is 2.48. The summed E-state index contributed by atoms with van der Waals surface area (Å²) in [5.41, 5.74) is 0.419. The van der Waals surface area contributed by atoms with Crippen LogP contribution in [0.5, 0.6) is 0 Å². The van der Waals surface area contributed by atoms with Crippen molar-refractivity contribution in [3.8, 4) is 6.07 Å². The number of nitriles is 1. The van der Waals surface area contributed by atoms with E-state index in [1.165, 1.54) is 11.6 Å². The number of rotatable bonds is 8. The SMILES string of the molecule is COCCOCC1CN(c2ccc(C#N)c(C(F)(F)F)c2)CC12CCN(Cc1cnn(C)c1)CC2. The Labute approximate surface area is 204 Å².